The van der Waals surface area contributed by atoms with Gasteiger partial charge in [-0.1, -0.05) is 18.2 Å². The highest BCUT2D eigenvalue weighted by molar-refractivity contribution is 7.19. The minimum absolute atomic E-state index is 0.0830. The molecule has 2 heterocycles. The molecule has 0 saturated heterocycles. The number of hydrogen-bond donors (Lipinski definition) is 0. The van der Waals surface area contributed by atoms with Crippen molar-refractivity contribution in [2.45, 2.75) is 6.92 Å². The average Bonchev–Trinajstić information content (AvgIpc) is 3.00. The summed E-state index contributed by atoms with van der Waals surface area (Å²) in [5, 5.41) is 1.10. The fraction of sp³-hybridized carbons (Fsp3) is 0.0667. The SMILES string of the molecule is Cc1sc2ccccc2c1-c1ccc(C(=O)C=O)o1. The van der Waals surface area contributed by atoms with Crippen molar-refractivity contribution in [3.05, 3.63) is 47.0 Å². The Morgan fingerprint density at radius 2 is 2.00 bits per heavy atom. The van der Waals surface area contributed by atoms with Crippen LogP contribution in [0.1, 0.15) is 15.4 Å². The maximum Gasteiger partial charge on any atom is 0.260 e. The highest BCUT2D eigenvalue weighted by Gasteiger charge is 2.16. The maximum absolute atomic E-state index is 11.3. The number of fused-ring (bicyclic) bond motifs is 1. The number of aldehydes is 1. The van der Waals surface area contributed by atoms with Crippen molar-refractivity contribution in [1.82, 2.24) is 0 Å². The highest BCUT2D eigenvalue weighted by atomic mass is 32.1. The number of ketones is 1. The van der Waals surface area contributed by atoms with Gasteiger partial charge in [0.25, 0.3) is 5.78 Å². The van der Waals surface area contributed by atoms with E-state index in [2.05, 4.69) is 6.07 Å². The quantitative estimate of drug-likeness (QED) is 0.412. The third-order valence-corrected chi connectivity index (χ3v) is 4.06. The van der Waals surface area contributed by atoms with Gasteiger partial charge in [0.1, 0.15) is 5.76 Å². The minimum Gasteiger partial charge on any atom is -0.452 e. The Labute approximate surface area is 113 Å². The molecule has 0 bridgehead atoms. The number of rotatable bonds is 3. The molecule has 2 aromatic heterocycles. The molecule has 0 unspecified atom stereocenters. The zero-order valence-corrected chi connectivity index (χ0v) is 11.0. The first-order chi connectivity index (χ1) is 9.20. The van der Waals surface area contributed by atoms with Crippen LogP contribution in [0.25, 0.3) is 21.4 Å². The van der Waals surface area contributed by atoms with Gasteiger partial charge in [0.15, 0.2) is 12.0 Å². The van der Waals surface area contributed by atoms with Crippen LogP contribution in [-0.4, -0.2) is 12.1 Å². The van der Waals surface area contributed by atoms with Crippen molar-refractivity contribution in [3.8, 4) is 11.3 Å². The average molecular weight is 270 g/mol. The molecule has 1 aromatic carbocycles. The normalized spacial score (nSPS) is 10.8. The Morgan fingerprint density at radius 3 is 2.79 bits per heavy atom. The van der Waals surface area contributed by atoms with Crippen LogP contribution in [0.4, 0.5) is 0 Å². The molecule has 0 spiro atoms. The van der Waals surface area contributed by atoms with E-state index in [0.29, 0.717) is 5.76 Å². The van der Waals surface area contributed by atoms with E-state index in [0.717, 1.165) is 15.8 Å². The van der Waals surface area contributed by atoms with Crippen molar-refractivity contribution in [2.24, 2.45) is 0 Å². The molecule has 0 radical (unpaired) electrons. The van der Waals surface area contributed by atoms with Gasteiger partial charge in [-0.2, -0.15) is 0 Å². The molecule has 0 aliphatic rings. The zero-order chi connectivity index (χ0) is 13.4. The summed E-state index contributed by atoms with van der Waals surface area (Å²) in [6, 6.07) is 11.3. The summed E-state index contributed by atoms with van der Waals surface area (Å²) < 4.78 is 6.67. The number of thiophene rings is 1. The van der Waals surface area contributed by atoms with Crippen LogP contribution < -0.4 is 0 Å². The summed E-state index contributed by atoms with van der Waals surface area (Å²) in [6.45, 7) is 2.02. The molecule has 0 aliphatic carbocycles. The molecule has 94 valence electrons. The second kappa shape index (κ2) is 4.48. The number of benzene rings is 1. The van der Waals surface area contributed by atoms with Crippen LogP contribution >= 0.6 is 11.3 Å². The van der Waals surface area contributed by atoms with E-state index in [1.165, 1.54) is 10.8 Å². The number of Topliss-reactive ketones (excluding diaryl/α,β-unsaturated/α-hetero) is 1. The second-order valence-corrected chi connectivity index (χ2v) is 5.43. The molecule has 0 saturated carbocycles. The van der Waals surface area contributed by atoms with Gasteiger partial charge in [0, 0.05) is 20.5 Å². The molecule has 3 rings (SSSR count). The van der Waals surface area contributed by atoms with Crippen LogP contribution in [0.15, 0.2) is 40.8 Å². The van der Waals surface area contributed by atoms with Crippen LogP contribution in [0, 0.1) is 6.92 Å². The maximum atomic E-state index is 11.3. The van der Waals surface area contributed by atoms with Crippen molar-refractivity contribution in [3.63, 3.8) is 0 Å². The molecule has 0 atom stereocenters. The number of hydrogen-bond acceptors (Lipinski definition) is 4. The topological polar surface area (TPSA) is 47.3 Å². The summed E-state index contributed by atoms with van der Waals surface area (Å²) in [7, 11) is 0. The lowest BCUT2D eigenvalue weighted by atomic mass is 10.1. The number of carbonyl (C=O) groups excluding carboxylic acids is 2. The lowest BCUT2D eigenvalue weighted by Crippen LogP contribution is -1.96. The van der Waals surface area contributed by atoms with Crippen LogP contribution in [-0.2, 0) is 4.79 Å². The first-order valence-corrected chi connectivity index (χ1v) is 6.60. The third-order valence-electron chi connectivity index (χ3n) is 2.97. The zero-order valence-electron chi connectivity index (χ0n) is 10.2. The Morgan fingerprint density at radius 1 is 1.21 bits per heavy atom. The second-order valence-electron chi connectivity index (χ2n) is 4.18. The first-order valence-electron chi connectivity index (χ1n) is 5.78. The van der Waals surface area contributed by atoms with E-state index < -0.39 is 5.78 Å². The van der Waals surface area contributed by atoms with E-state index in [1.54, 1.807) is 17.4 Å². The molecule has 4 heteroatoms. The fourth-order valence-corrected chi connectivity index (χ4v) is 3.21. The molecule has 0 amide bonds. The predicted molar refractivity (Wildman–Crippen MR) is 74.7 cm³/mol. The molecule has 3 nitrogen and oxygen atoms in total. The number of aryl methyl sites for hydroxylation is 1. The smallest absolute Gasteiger partial charge is 0.260 e. The van der Waals surface area contributed by atoms with Crippen LogP contribution in [0.3, 0.4) is 0 Å². The molecule has 3 aromatic rings. The summed E-state index contributed by atoms with van der Waals surface area (Å²) in [5.74, 6) is 0.0725. The van der Waals surface area contributed by atoms with E-state index in [4.69, 9.17) is 4.42 Å². The molecule has 0 N–H and O–H groups in total. The number of furan rings is 1. The molecule has 0 aliphatic heterocycles. The van der Waals surface area contributed by atoms with Crippen LogP contribution in [0.5, 0.6) is 0 Å². The molecule has 0 fully saturated rings. The number of carbonyl (C=O) groups is 2. The Hall–Kier alpha value is -2.20. The van der Waals surface area contributed by atoms with Gasteiger partial charge >= 0.3 is 0 Å². The largest absolute Gasteiger partial charge is 0.452 e. The monoisotopic (exact) mass is 270 g/mol. The minimum atomic E-state index is -0.636. The molecular formula is C15H10O3S. The van der Waals surface area contributed by atoms with Gasteiger partial charge in [-0.15, -0.1) is 11.3 Å². The van der Waals surface area contributed by atoms with Gasteiger partial charge in [-0.25, -0.2) is 0 Å². The van der Waals surface area contributed by atoms with Gasteiger partial charge in [-0.3, -0.25) is 9.59 Å². The van der Waals surface area contributed by atoms with E-state index in [1.807, 2.05) is 25.1 Å². The van der Waals surface area contributed by atoms with E-state index >= 15 is 0 Å². The molecule has 19 heavy (non-hydrogen) atoms. The summed E-state index contributed by atoms with van der Waals surface area (Å²) in [6.07, 6.45) is 0.265. The lowest BCUT2D eigenvalue weighted by Gasteiger charge is -1.97. The van der Waals surface area contributed by atoms with Crippen molar-refractivity contribution < 1.29 is 14.0 Å². The summed E-state index contributed by atoms with van der Waals surface area (Å²) >= 11 is 1.68. The van der Waals surface area contributed by atoms with Gasteiger partial charge in [0.2, 0.25) is 0 Å². The Kier molecular flexibility index (Phi) is 2.80. The van der Waals surface area contributed by atoms with E-state index in [9.17, 15) is 9.59 Å². The van der Waals surface area contributed by atoms with Gasteiger partial charge in [-0.05, 0) is 25.1 Å². The predicted octanol–water partition coefficient (Wildman–Crippen LogP) is 3.85. The summed E-state index contributed by atoms with van der Waals surface area (Å²) in [5.41, 5.74) is 0.991. The standard InChI is InChI=1S/C15H10O3S/c1-9-15(10-4-2-3-5-14(10)19-9)13-7-6-12(18-13)11(17)8-16/h2-8H,1H3. The summed E-state index contributed by atoms with van der Waals surface area (Å²) in [4.78, 5) is 22.9. The Bertz CT molecular complexity index is 780. The van der Waals surface area contributed by atoms with Gasteiger partial charge in [0.05, 0.1) is 0 Å². The van der Waals surface area contributed by atoms with Gasteiger partial charge < -0.3 is 4.42 Å². The lowest BCUT2D eigenvalue weighted by molar-refractivity contribution is -0.104. The van der Waals surface area contributed by atoms with Crippen molar-refractivity contribution in [2.75, 3.05) is 0 Å². The first kappa shape index (κ1) is 11.9. The van der Waals surface area contributed by atoms with Crippen molar-refractivity contribution in [1.29, 1.82) is 0 Å². The molecular weight excluding hydrogens is 260 g/mol. The van der Waals surface area contributed by atoms with E-state index in [-0.39, 0.29) is 12.0 Å². The van der Waals surface area contributed by atoms with Crippen molar-refractivity contribution >= 4 is 33.5 Å². The highest BCUT2D eigenvalue weighted by Crippen LogP contribution is 2.38. The Balaban J connectivity index is 2.19. The third kappa shape index (κ3) is 1.90. The van der Waals surface area contributed by atoms with Crippen LogP contribution in [0.2, 0.25) is 0 Å². The fourth-order valence-electron chi connectivity index (χ4n) is 2.14.